The number of rotatable bonds is 14. The van der Waals surface area contributed by atoms with Crippen molar-refractivity contribution in [1.29, 1.82) is 0 Å². The smallest absolute Gasteiger partial charge is 0.313 e. The van der Waals surface area contributed by atoms with Crippen molar-refractivity contribution in [2.24, 2.45) is 11.8 Å². The fourth-order valence-corrected chi connectivity index (χ4v) is 8.11. The zero-order chi connectivity index (χ0) is 33.9. The molecule has 5 rings (SSSR count). The van der Waals surface area contributed by atoms with Crippen LogP contribution in [0.25, 0.3) is 0 Å². The van der Waals surface area contributed by atoms with Gasteiger partial charge < -0.3 is 29.7 Å². The van der Waals surface area contributed by atoms with Crippen molar-refractivity contribution in [3.63, 3.8) is 0 Å². The molecule has 0 aromatic heterocycles. The number of hydrogen-bond donors (Lipinski definition) is 2. The van der Waals surface area contributed by atoms with Crippen LogP contribution in [-0.4, -0.2) is 82.0 Å². The maximum absolute atomic E-state index is 14.6. The zero-order valence-corrected chi connectivity index (χ0v) is 28.4. The maximum Gasteiger partial charge on any atom is 0.313 e. The summed E-state index contributed by atoms with van der Waals surface area (Å²) in [6.07, 6.45) is 2.68. The summed E-state index contributed by atoms with van der Waals surface area (Å²) in [5, 5.41) is 13.6. The Hall–Kier alpha value is -3.51. The van der Waals surface area contributed by atoms with Gasteiger partial charge in [0.25, 0.3) is 5.91 Å². The molecular weight excluding hydrogens is 690 g/mol. The number of anilines is 1. The third-order valence-corrected chi connectivity index (χ3v) is 10.3. The number of alkyl halides is 1. The van der Waals surface area contributed by atoms with Crippen molar-refractivity contribution in [3.05, 3.63) is 90.5 Å². The lowest BCUT2D eigenvalue weighted by Gasteiger charge is -2.38. The van der Waals surface area contributed by atoms with Crippen LogP contribution < -0.4 is 10.2 Å². The number of hydrogen-bond acceptors (Lipinski definition) is 7. The average Bonchev–Trinajstić information content (AvgIpc) is 3.67. The van der Waals surface area contributed by atoms with Gasteiger partial charge in [-0.15, -0.1) is 13.2 Å². The number of aliphatic hydroxyl groups is 1. The predicted octanol–water partition coefficient (Wildman–Crippen LogP) is 4.35. The van der Waals surface area contributed by atoms with E-state index in [0.717, 1.165) is 0 Å². The lowest BCUT2D eigenvalue weighted by Crippen LogP contribution is -2.58. The minimum absolute atomic E-state index is 0.0257. The van der Waals surface area contributed by atoms with Crippen molar-refractivity contribution in [3.8, 4) is 0 Å². The number of likely N-dealkylation sites (tertiary alicyclic amines) is 1. The first-order chi connectivity index (χ1) is 22.6. The second-order valence-corrected chi connectivity index (χ2v) is 13.7. The minimum atomic E-state index is -1.37. The lowest BCUT2D eigenvalue weighted by molar-refractivity contribution is -0.160. The molecule has 250 valence electrons. The van der Waals surface area contributed by atoms with Crippen molar-refractivity contribution >= 4 is 56.9 Å². The molecule has 3 heterocycles. The van der Waals surface area contributed by atoms with Gasteiger partial charge in [0.1, 0.15) is 17.7 Å². The number of halogens is 2. The second-order valence-electron chi connectivity index (χ2n) is 12.1. The van der Waals surface area contributed by atoms with Crippen LogP contribution in [0, 0.1) is 11.8 Å². The Labute approximate surface area is 287 Å². The Kier molecular flexibility index (Phi) is 10.9. The van der Waals surface area contributed by atoms with Crippen LogP contribution in [0.15, 0.2) is 79.9 Å². The number of nitrogens with zero attached hydrogens (tertiary/aromatic N) is 2. The topological polar surface area (TPSA) is 125 Å². The molecule has 2 N–H and O–H groups in total. The number of carbonyl (C=O) groups excluding carboxylic acids is 4. The molecule has 3 amide bonds. The van der Waals surface area contributed by atoms with E-state index in [1.54, 1.807) is 67.6 Å². The third kappa shape index (κ3) is 6.63. The third-order valence-electron chi connectivity index (χ3n) is 9.18. The molecule has 47 heavy (non-hydrogen) atoms. The van der Waals surface area contributed by atoms with E-state index >= 15 is 0 Å². The molecule has 0 radical (unpaired) electrons. The van der Waals surface area contributed by atoms with Gasteiger partial charge in [-0.25, -0.2) is 0 Å². The number of nitrogens with one attached hydrogen (secondary N) is 1. The van der Waals surface area contributed by atoms with Crippen LogP contribution in [0.4, 0.5) is 5.69 Å². The van der Waals surface area contributed by atoms with Gasteiger partial charge in [-0.05, 0) is 49.6 Å². The Morgan fingerprint density at radius 2 is 1.89 bits per heavy atom. The molecular formula is C35H39BrClN3O7. The van der Waals surface area contributed by atoms with Crippen molar-refractivity contribution in [2.45, 2.75) is 60.9 Å². The molecule has 2 aromatic carbocycles. The van der Waals surface area contributed by atoms with Gasteiger partial charge in [0.2, 0.25) is 11.8 Å². The van der Waals surface area contributed by atoms with Crippen molar-refractivity contribution in [1.82, 2.24) is 10.2 Å². The largest absolute Gasteiger partial charge is 0.455 e. The summed E-state index contributed by atoms with van der Waals surface area (Å²) >= 11 is 9.80. The van der Waals surface area contributed by atoms with Crippen LogP contribution in [0.3, 0.4) is 0 Å². The van der Waals surface area contributed by atoms with E-state index in [1.807, 2.05) is 6.07 Å². The van der Waals surface area contributed by atoms with Crippen molar-refractivity contribution < 1.29 is 33.8 Å². The molecule has 10 nitrogen and oxygen atoms in total. The molecule has 3 saturated heterocycles. The first-order valence-electron chi connectivity index (χ1n) is 15.6. The fourth-order valence-electron chi connectivity index (χ4n) is 7.04. The number of ether oxygens (including phenoxy) is 2. The number of amides is 3. The van der Waals surface area contributed by atoms with E-state index in [4.69, 9.17) is 21.1 Å². The molecule has 2 bridgehead atoms. The molecule has 0 aliphatic carbocycles. The summed E-state index contributed by atoms with van der Waals surface area (Å²) in [6.45, 7) is 8.88. The molecule has 3 fully saturated rings. The maximum atomic E-state index is 14.6. The van der Waals surface area contributed by atoms with E-state index in [9.17, 15) is 24.3 Å². The van der Waals surface area contributed by atoms with Crippen LogP contribution in [-0.2, 0) is 28.7 Å². The summed E-state index contributed by atoms with van der Waals surface area (Å²) in [6, 6.07) is 13.9. The number of benzene rings is 2. The highest BCUT2D eigenvalue weighted by Crippen LogP contribution is 2.61. The number of fused-ring (bicyclic) bond motifs is 1. The molecule has 3 aliphatic heterocycles. The Morgan fingerprint density at radius 3 is 2.53 bits per heavy atom. The monoisotopic (exact) mass is 727 g/mol. The highest BCUT2D eigenvalue weighted by Gasteiger charge is 2.77. The SMILES string of the molecule is C=CCCC(=O)NC[C@@H](OC(=O)[C@H]1[C@@H]2O[C@@]3(CC2Br)[C@@H]1C(=O)N([C@H](C)CO)[C@@H]3C(=O)N(CC=C)c1ccc(Cl)cc1)c1ccccc1. The Bertz CT molecular complexity index is 1510. The summed E-state index contributed by atoms with van der Waals surface area (Å²) in [5.41, 5.74) is -0.154. The van der Waals surface area contributed by atoms with Gasteiger partial charge in [0.15, 0.2) is 0 Å². The van der Waals surface area contributed by atoms with Crippen LogP contribution >= 0.6 is 27.5 Å². The number of esters is 1. The highest BCUT2D eigenvalue weighted by atomic mass is 79.9. The van der Waals surface area contributed by atoms with E-state index in [2.05, 4.69) is 34.4 Å². The van der Waals surface area contributed by atoms with Crippen LogP contribution in [0.1, 0.15) is 37.9 Å². The number of carbonyl (C=O) groups is 4. The van der Waals surface area contributed by atoms with Gasteiger partial charge in [0.05, 0.1) is 37.1 Å². The van der Waals surface area contributed by atoms with E-state index in [1.165, 1.54) is 9.80 Å². The molecule has 12 heteroatoms. The molecule has 8 atom stereocenters. The first kappa shape index (κ1) is 34.8. The molecule has 2 aromatic rings. The summed E-state index contributed by atoms with van der Waals surface area (Å²) < 4.78 is 12.7. The highest BCUT2D eigenvalue weighted by molar-refractivity contribution is 9.09. The number of allylic oxidation sites excluding steroid dienone is 1. The van der Waals surface area contributed by atoms with Gasteiger partial charge in [0, 0.05) is 28.5 Å². The molecule has 3 aliphatic rings. The molecule has 1 unspecified atom stereocenters. The molecule has 1 spiro atoms. The van der Waals surface area contributed by atoms with Gasteiger partial charge in [-0.3, -0.25) is 19.2 Å². The van der Waals surface area contributed by atoms with Gasteiger partial charge >= 0.3 is 5.97 Å². The first-order valence-corrected chi connectivity index (χ1v) is 16.9. The van der Waals surface area contributed by atoms with Crippen LogP contribution in [0.2, 0.25) is 5.02 Å². The zero-order valence-electron chi connectivity index (χ0n) is 26.1. The Morgan fingerprint density at radius 1 is 1.19 bits per heavy atom. The summed E-state index contributed by atoms with van der Waals surface area (Å²) in [5.74, 6) is -3.85. The summed E-state index contributed by atoms with van der Waals surface area (Å²) in [7, 11) is 0. The minimum Gasteiger partial charge on any atom is -0.455 e. The Balaban J connectivity index is 1.49. The quantitative estimate of drug-likeness (QED) is 0.168. The van der Waals surface area contributed by atoms with Crippen LogP contribution in [0.5, 0.6) is 0 Å². The van der Waals surface area contributed by atoms with E-state index in [0.29, 0.717) is 22.7 Å². The average molecular weight is 729 g/mol. The standard InChI is InChI=1S/C35H39BrClN3O7/c1-4-6-12-27(42)38-19-26(22-10-8-7-9-11-22)46-34(45)28-29-32(43)40(21(3)20-41)31(35(29)18-25(36)30(28)47-35)33(44)39(17-5-2)24-15-13-23(37)14-16-24/h4-5,7-11,13-16,21,25-26,28-31,41H,1-2,6,12,17-20H2,3H3,(H,38,42)/t21-,25?,26-,28-,29+,30-,31-,35+/m1/s1. The van der Waals surface area contributed by atoms with E-state index in [-0.39, 0.29) is 36.7 Å². The molecule has 0 saturated carbocycles. The van der Waals surface area contributed by atoms with Crippen molar-refractivity contribution in [2.75, 3.05) is 24.6 Å². The normalized spacial score (nSPS) is 27.1. The predicted molar refractivity (Wildman–Crippen MR) is 181 cm³/mol. The van der Waals surface area contributed by atoms with Gasteiger partial charge in [-0.2, -0.15) is 0 Å². The summed E-state index contributed by atoms with van der Waals surface area (Å²) in [4.78, 5) is 58.1. The number of aliphatic hydroxyl groups excluding tert-OH is 1. The fraction of sp³-hybridized carbons (Fsp3) is 0.429. The second kappa shape index (κ2) is 14.7. The lowest BCUT2D eigenvalue weighted by atomic mass is 9.70. The van der Waals surface area contributed by atoms with Gasteiger partial charge in [-0.1, -0.05) is 70.0 Å². The van der Waals surface area contributed by atoms with E-state index < -0.39 is 66.1 Å².